The van der Waals surface area contributed by atoms with Crippen molar-refractivity contribution in [3.63, 3.8) is 0 Å². The maximum Gasteiger partial charge on any atom is 0.0412 e. The van der Waals surface area contributed by atoms with Gasteiger partial charge in [-0.05, 0) is 35.4 Å². The summed E-state index contributed by atoms with van der Waals surface area (Å²) >= 11 is 7.75. The lowest BCUT2D eigenvalue weighted by Gasteiger charge is -2.04. The average Bonchev–Trinajstić information content (AvgIpc) is 2.37. The average molecular weight is 264 g/mol. The van der Waals surface area contributed by atoms with Crippen molar-refractivity contribution in [2.45, 2.75) is 4.90 Å². The lowest BCUT2D eigenvalue weighted by Crippen LogP contribution is -2.00. The number of rotatable bonds is 4. The largest absolute Gasteiger partial charge is 0.330 e. The minimum Gasteiger partial charge on any atom is -0.330 e. The number of nitrogens with two attached hydrogens (primary N) is 1. The van der Waals surface area contributed by atoms with Crippen LogP contribution in [-0.4, -0.2) is 12.3 Å². The van der Waals surface area contributed by atoms with E-state index in [1.165, 1.54) is 10.5 Å². The molecule has 0 amide bonds. The molecule has 3 heteroatoms. The van der Waals surface area contributed by atoms with Crippen LogP contribution in [0, 0.1) is 0 Å². The van der Waals surface area contributed by atoms with Gasteiger partial charge in [0.25, 0.3) is 0 Å². The molecule has 0 aromatic heterocycles. The van der Waals surface area contributed by atoms with Gasteiger partial charge in [-0.1, -0.05) is 35.9 Å². The Labute approximate surface area is 111 Å². The number of halogens is 1. The molecular weight excluding hydrogens is 250 g/mol. The van der Waals surface area contributed by atoms with Crippen molar-refractivity contribution < 1.29 is 0 Å². The summed E-state index contributed by atoms with van der Waals surface area (Å²) < 4.78 is 0. The molecule has 2 aromatic rings. The van der Waals surface area contributed by atoms with E-state index in [0.29, 0.717) is 6.54 Å². The third-order valence-electron chi connectivity index (χ3n) is 2.40. The van der Waals surface area contributed by atoms with E-state index in [-0.39, 0.29) is 0 Å². The molecule has 0 fully saturated rings. The summed E-state index contributed by atoms with van der Waals surface area (Å²) in [4.78, 5) is 1.25. The summed E-state index contributed by atoms with van der Waals surface area (Å²) in [5.41, 5.74) is 7.81. The third-order valence-corrected chi connectivity index (χ3v) is 3.68. The highest BCUT2D eigenvalue weighted by molar-refractivity contribution is 7.99. The molecule has 17 heavy (non-hydrogen) atoms. The zero-order valence-electron chi connectivity index (χ0n) is 9.40. The Morgan fingerprint density at radius 3 is 2.41 bits per heavy atom. The first-order valence-electron chi connectivity index (χ1n) is 5.48. The topological polar surface area (TPSA) is 26.0 Å². The Bertz CT molecular complexity index is 482. The molecule has 2 rings (SSSR count). The van der Waals surface area contributed by atoms with Gasteiger partial charge in [0.15, 0.2) is 0 Å². The molecule has 2 aromatic carbocycles. The van der Waals surface area contributed by atoms with E-state index in [1.54, 1.807) is 11.8 Å². The molecule has 0 bridgehead atoms. The lowest BCUT2D eigenvalue weighted by molar-refractivity contribution is 1.15. The van der Waals surface area contributed by atoms with E-state index in [0.717, 1.165) is 16.3 Å². The standard InChI is InChI=1S/C14H14ClNS/c15-13-3-1-2-12(10-13)11-4-6-14(7-5-11)17-9-8-16/h1-7,10H,8-9,16H2. The van der Waals surface area contributed by atoms with Crippen molar-refractivity contribution in [2.75, 3.05) is 12.3 Å². The minimum atomic E-state index is 0.709. The Hall–Kier alpha value is -0.960. The summed E-state index contributed by atoms with van der Waals surface area (Å²) in [5.74, 6) is 0.955. The van der Waals surface area contributed by atoms with Crippen LogP contribution in [0.5, 0.6) is 0 Å². The van der Waals surface area contributed by atoms with E-state index in [2.05, 4.69) is 30.3 Å². The SMILES string of the molecule is NCCSc1ccc(-c2cccc(Cl)c2)cc1. The van der Waals surface area contributed by atoms with E-state index >= 15 is 0 Å². The Kier molecular flexibility index (Phi) is 4.49. The second kappa shape index (κ2) is 6.10. The van der Waals surface area contributed by atoms with Gasteiger partial charge in [-0.25, -0.2) is 0 Å². The van der Waals surface area contributed by atoms with Gasteiger partial charge in [-0.2, -0.15) is 0 Å². The predicted octanol–water partition coefficient (Wildman–Crippen LogP) is 4.06. The third kappa shape index (κ3) is 3.50. The lowest BCUT2D eigenvalue weighted by atomic mass is 10.1. The Balaban J connectivity index is 2.17. The van der Waals surface area contributed by atoms with Crippen molar-refractivity contribution in [1.29, 1.82) is 0 Å². The first kappa shape index (κ1) is 12.5. The first-order valence-corrected chi connectivity index (χ1v) is 6.85. The molecule has 0 atom stereocenters. The van der Waals surface area contributed by atoms with Crippen LogP contribution in [0.1, 0.15) is 0 Å². The molecule has 0 saturated carbocycles. The molecule has 2 N–H and O–H groups in total. The second-order valence-corrected chi connectivity index (χ2v) is 5.28. The number of hydrogen-bond acceptors (Lipinski definition) is 2. The molecule has 0 heterocycles. The predicted molar refractivity (Wildman–Crippen MR) is 76.7 cm³/mol. The van der Waals surface area contributed by atoms with Crippen LogP contribution in [-0.2, 0) is 0 Å². The highest BCUT2D eigenvalue weighted by Crippen LogP contribution is 2.25. The minimum absolute atomic E-state index is 0.709. The van der Waals surface area contributed by atoms with Gasteiger partial charge in [0, 0.05) is 22.2 Å². The monoisotopic (exact) mass is 263 g/mol. The van der Waals surface area contributed by atoms with Gasteiger partial charge < -0.3 is 5.73 Å². The smallest absolute Gasteiger partial charge is 0.0412 e. The molecule has 0 saturated heterocycles. The van der Waals surface area contributed by atoms with Gasteiger partial charge in [-0.3, -0.25) is 0 Å². The molecule has 0 aliphatic rings. The van der Waals surface area contributed by atoms with Crippen molar-refractivity contribution >= 4 is 23.4 Å². The summed E-state index contributed by atoms with van der Waals surface area (Å²) in [7, 11) is 0. The summed E-state index contributed by atoms with van der Waals surface area (Å²) in [6.45, 7) is 0.709. The van der Waals surface area contributed by atoms with E-state index in [1.807, 2.05) is 18.2 Å². The fourth-order valence-electron chi connectivity index (χ4n) is 1.59. The van der Waals surface area contributed by atoms with Crippen molar-refractivity contribution in [1.82, 2.24) is 0 Å². The van der Waals surface area contributed by atoms with Crippen molar-refractivity contribution in [3.05, 3.63) is 53.6 Å². The van der Waals surface area contributed by atoms with Gasteiger partial charge in [0.2, 0.25) is 0 Å². The fourth-order valence-corrected chi connectivity index (χ4v) is 2.46. The Morgan fingerprint density at radius 1 is 1.00 bits per heavy atom. The molecule has 0 unspecified atom stereocenters. The van der Waals surface area contributed by atoms with Crippen LogP contribution in [0.15, 0.2) is 53.4 Å². The zero-order valence-corrected chi connectivity index (χ0v) is 11.0. The van der Waals surface area contributed by atoms with E-state index in [9.17, 15) is 0 Å². The van der Waals surface area contributed by atoms with Crippen LogP contribution >= 0.6 is 23.4 Å². The number of benzene rings is 2. The summed E-state index contributed by atoms with van der Waals surface area (Å²) in [6, 6.07) is 16.4. The molecule has 0 aliphatic heterocycles. The molecule has 1 nitrogen and oxygen atoms in total. The maximum absolute atomic E-state index is 5.98. The van der Waals surface area contributed by atoms with Gasteiger partial charge in [0.1, 0.15) is 0 Å². The first-order chi connectivity index (χ1) is 8.29. The molecule has 0 radical (unpaired) electrons. The normalized spacial score (nSPS) is 10.5. The number of hydrogen-bond donors (Lipinski definition) is 1. The zero-order chi connectivity index (χ0) is 12.1. The molecule has 88 valence electrons. The summed E-state index contributed by atoms with van der Waals surface area (Å²) in [5, 5.41) is 0.768. The highest BCUT2D eigenvalue weighted by atomic mass is 35.5. The van der Waals surface area contributed by atoms with Crippen molar-refractivity contribution in [3.8, 4) is 11.1 Å². The van der Waals surface area contributed by atoms with Crippen LogP contribution < -0.4 is 5.73 Å². The van der Waals surface area contributed by atoms with Gasteiger partial charge in [0.05, 0.1) is 0 Å². The van der Waals surface area contributed by atoms with E-state index in [4.69, 9.17) is 17.3 Å². The highest BCUT2D eigenvalue weighted by Gasteiger charge is 1.99. The van der Waals surface area contributed by atoms with Crippen LogP contribution in [0.4, 0.5) is 0 Å². The second-order valence-electron chi connectivity index (χ2n) is 3.67. The fraction of sp³-hybridized carbons (Fsp3) is 0.143. The maximum atomic E-state index is 5.98. The van der Waals surface area contributed by atoms with Gasteiger partial charge in [-0.15, -0.1) is 11.8 Å². The molecule has 0 aliphatic carbocycles. The Morgan fingerprint density at radius 2 is 1.76 bits per heavy atom. The summed E-state index contributed by atoms with van der Waals surface area (Å²) in [6.07, 6.45) is 0. The molecular formula is C14H14ClNS. The van der Waals surface area contributed by atoms with Crippen molar-refractivity contribution in [2.24, 2.45) is 5.73 Å². The van der Waals surface area contributed by atoms with Crippen LogP contribution in [0.2, 0.25) is 5.02 Å². The quantitative estimate of drug-likeness (QED) is 0.842. The van der Waals surface area contributed by atoms with Gasteiger partial charge >= 0.3 is 0 Å². The molecule has 0 spiro atoms. The van der Waals surface area contributed by atoms with Crippen LogP contribution in [0.3, 0.4) is 0 Å². The van der Waals surface area contributed by atoms with E-state index < -0.39 is 0 Å². The van der Waals surface area contributed by atoms with Crippen LogP contribution in [0.25, 0.3) is 11.1 Å². The number of thioether (sulfide) groups is 1.